The van der Waals surface area contributed by atoms with E-state index in [1.165, 1.54) is 23.3 Å². The highest BCUT2D eigenvalue weighted by Gasteiger charge is 2.21. The number of nitrogens with zero attached hydrogens (tertiary/aromatic N) is 2. The van der Waals surface area contributed by atoms with Crippen molar-refractivity contribution in [3.8, 4) is 5.75 Å². The van der Waals surface area contributed by atoms with Crippen LogP contribution in [0.15, 0.2) is 42.5 Å². The zero-order valence-electron chi connectivity index (χ0n) is 14.2. The first-order valence-corrected chi connectivity index (χ1v) is 8.46. The molecule has 0 amide bonds. The van der Waals surface area contributed by atoms with Gasteiger partial charge in [-0.3, -0.25) is 15.0 Å². The highest BCUT2D eigenvalue weighted by Crippen LogP contribution is 2.26. The van der Waals surface area contributed by atoms with E-state index in [0.717, 1.165) is 25.3 Å². The van der Waals surface area contributed by atoms with Crippen molar-refractivity contribution in [1.82, 2.24) is 4.90 Å². The molecule has 0 bridgehead atoms. The monoisotopic (exact) mass is 342 g/mol. The maximum Gasteiger partial charge on any atom is 0.269 e. The number of rotatable bonds is 6. The first kappa shape index (κ1) is 17.4. The highest BCUT2D eigenvalue weighted by molar-refractivity contribution is 5.38. The molecule has 0 spiro atoms. The van der Waals surface area contributed by atoms with Gasteiger partial charge in [-0.1, -0.05) is 18.2 Å². The Balaban J connectivity index is 1.69. The number of β-amino-alcohol motifs (C(OH)–C–C–N with tert-alkyl or cyclic N) is 1. The molecular weight excluding hydrogens is 320 g/mol. The van der Waals surface area contributed by atoms with Crippen molar-refractivity contribution < 1.29 is 14.8 Å². The van der Waals surface area contributed by atoms with Crippen molar-refractivity contribution in [1.29, 1.82) is 0 Å². The molecule has 2 aromatic rings. The molecule has 0 aliphatic carbocycles. The molecule has 0 saturated carbocycles. The van der Waals surface area contributed by atoms with Gasteiger partial charge in [0.05, 0.1) is 17.6 Å². The predicted molar refractivity (Wildman–Crippen MR) is 94.6 cm³/mol. The summed E-state index contributed by atoms with van der Waals surface area (Å²) >= 11 is 0. The van der Waals surface area contributed by atoms with Gasteiger partial charge in [0, 0.05) is 31.8 Å². The lowest BCUT2D eigenvalue weighted by Crippen LogP contribution is -2.34. The molecule has 25 heavy (non-hydrogen) atoms. The number of ether oxygens (including phenoxy) is 1. The van der Waals surface area contributed by atoms with Crippen LogP contribution in [0.4, 0.5) is 5.69 Å². The Morgan fingerprint density at radius 3 is 2.88 bits per heavy atom. The second-order valence-corrected chi connectivity index (χ2v) is 6.22. The van der Waals surface area contributed by atoms with Gasteiger partial charge in [-0.05, 0) is 42.2 Å². The molecule has 1 unspecified atom stereocenters. The third-order valence-electron chi connectivity index (χ3n) is 4.48. The third kappa shape index (κ3) is 4.15. The largest absolute Gasteiger partial charge is 0.494 e. The number of fused-ring (bicyclic) bond motifs is 1. The van der Waals surface area contributed by atoms with Crippen LogP contribution in [0.25, 0.3) is 0 Å². The summed E-state index contributed by atoms with van der Waals surface area (Å²) in [5.41, 5.74) is 3.10. The molecule has 3 rings (SSSR count). The first-order valence-electron chi connectivity index (χ1n) is 8.46. The molecule has 1 N–H and O–H groups in total. The first-order chi connectivity index (χ1) is 12.1. The lowest BCUT2D eigenvalue weighted by atomic mass is 9.98. The Bertz CT molecular complexity index is 763. The standard InChI is InChI=1S/C19H22N2O4/c1-2-25-18-7-6-14-8-9-20(12-16(14)11-18)13-19(22)15-4-3-5-17(10-15)21(23)24/h3-7,10-11,19,22H,2,8-9,12-13H2,1H3. The summed E-state index contributed by atoms with van der Waals surface area (Å²) in [4.78, 5) is 12.6. The van der Waals surface area contributed by atoms with Crippen molar-refractivity contribution in [2.24, 2.45) is 0 Å². The van der Waals surface area contributed by atoms with Gasteiger partial charge in [0.1, 0.15) is 5.75 Å². The number of nitro benzene ring substituents is 1. The molecule has 132 valence electrons. The number of hydrogen-bond acceptors (Lipinski definition) is 5. The summed E-state index contributed by atoms with van der Waals surface area (Å²) in [6.45, 7) is 4.63. The summed E-state index contributed by atoms with van der Waals surface area (Å²) in [5.74, 6) is 0.863. The number of benzene rings is 2. The number of hydrogen-bond donors (Lipinski definition) is 1. The lowest BCUT2D eigenvalue weighted by Gasteiger charge is -2.30. The predicted octanol–water partition coefficient (Wildman–Crippen LogP) is 3.09. The molecule has 1 heterocycles. The van der Waals surface area contributed by atoms with E-state index in [2.05, 4.69) is 17.0 Å². The fraction of sp³-hybridized carbons (Fsp3) is 0.368. The molecule has 6 nitrogen and oxygen atoms in total. The van der Waals surface area contributed by atoms with Gasteiger partial charge in [-0.2, -0.15) is 0 Å². The van der Waals surface area contributed by atoms with Crippen molar-refractivity contribution in [3.63, 3.8) is 0 Å². The van der Waals surface area contributed by atoms with E-state index < -0.39 is 11.0 Å². The smallest absolute Gasteiger partial charge is 0.269 e. The second-order valence-electron chi connectivity index (χ2n) is 6.22. The van der Waals surface area contributed by atoms with Gasteiger partial charge < -0.3 is 9.84 Å². The maximum atomic E-state index is 10.9. The summed E-state index contributed by atoms with van der Waals surface area (Å²) in [5, 5.41) is 21.4. The molecule has 1 aliphatic rings. The van der Waals surface area contributed by atoms with E-state index in [-0.39, 0.29) is 5.69 Å². The third-order valence-corrected chi connectivity index (χ3v) is 4.48. The molecule has 6 heteroatoms. The average molecular weight is 342 g/mol. The van der Waals surface area contributed by atoms with Crippen LogP contribution in [-0.2, 0) is 13.0 Å². The quantitative estimate of drug-likeness (QED) is 0.645. The van der Waals surface area contributed by atoms with Gasteiger partial charge in [0.2, 0.25) is 0 Å². The van der Waals surface area contributed by atoms with Crippen LogP contribution in [0.5, 0.6) is 5.75 Å². The Kier molecular flexibility index (Phi) is 5.31. The number of aliphatic hydroxyl groups is 1. The summed E-state index contributed by atoms with van der Waals surface area (Å²) in [6.07, 6.45) is 0.167. The van der Waals surface area contributed by atoms with Crippen LogP contribution in [0.2, 0.25) is 0 Å². The zero-order chi connectivity index (χ0) is 17.8. The van der Waals surface area contributed by atoms with Crippen molar-refractivity contribution in [3.05, 3.63) is 69.3 Å². The Labute approximate surface area is 146 Å². The van der Waals surface area contributed by atoms with Crippen LogP contribution < -0.4 is 4.74 Å². The number of non-ortho nitro benzene ring substituents is 1. The van der Waals surface area contributed by atoms with Crippen molar-refractivity contribution in [2.75, 3.05) is 19.7 Å². The van der Waals surface area contributed by atoms with Crippen LogP contribution in [0.3, 0.4) is 0 Å². The van der Waals surface area contributed by atoms with E-state index in [1.54, 1.807) is 12.1 Å². The summed E-state index contributed by atoms with van der Waals surface area (Å²) in [7, 11) is 0. The minimum absolute atomic E-state index is 0.00176. The van der Waals surface area contributed by atoms with Gasteiger partial charge in [0.15, 0.2) is 0 Å². The van der Waals surface area contributed by atoms with Crippen LogP contribution in [0.1, 0.15) is 29.7 Å². The topological polar surface area (TPSA) is 75.8 Å². The Morgan fingerprint density at radius 1 is 1.28 bits per heavy atom. The van der Waals surface area contributed by atoms with E-state index in [9.17, 15) is 15.2 Å². The zero-order valence-corrected chi connectivity index (χ0v) is 14.2. The minimum atomic E-state index is -0.753. The average Bonchev–Trinajstić information content (AvgIpc) is 2.62. The Hall–Kier alpha value is -2.44. The SMILES string of the molecule is CCOc1ccc2c(c1)CN(CC(O)c1cccc([N+](=O)[O-])c1)CC2. The summed E-state index contributed by atoms with van der Waals surface area (Å²) < 4.78 is 5.56. The molecular formula is C19H22N2O4. The minimum Gasteiger partial charge on any atom is -0.494 e. The fourth-order valence-corrected chi connectivity index (χ4v) is 3.20. The maximum absolute atomic E-state index is 10.9. The van der Waals surface area contributed by atoms with E-state index in [0.29, 0.717) is 18.7 Å². The molecule has 1 aliphatic heterocycles. The number of nitro groups is 1. The molecule has 0 aromatic heterocycles. The summed E-state index contributed by atoms with van der Waals surface area (Å²) in [6, 6.07) is 12.4. The van der Waals surface area contributed by atoms with Crippen LogP contribution in [-0.4, -0.2) is 34.6 Å². The molecule has 1 atom stereocenters. The van der Waals surface area contributed by atoms with Gasteiger partial charge >= 0.3 is 0 Å². The van der Waals surface area contributed by atoms with E-state index in [4.69, 9.17) is 4.74 Å². The van der Waals surface area contributed by atoms with Crippen LogP contribution >= 0.6 is 0 Å². The normalized spacial score (nSPS) is 15.4. The molecule has 0 fully saturated rings. The van der Waals surface area contributed by atoms with Crippen LogP contribution in [0, 0.1) is 10.1 Å². The molecule has 0 saturated heterocycles. The van der Waals surface area contributed by atoms with Gasteiger partial charge in [-0.25, -0.2) is 0 Å². The van der Waals surface area contributed by atoms with Crippen molar-refractivity contribution in [2.45, 2.75) is 26.0 Å². The van der Waals surface area contributed by atoms with E-state index in [1.807, 2.05) is 13.0 Å². The number of aliphatic hydroxyl groups excluding tert-OH is 1. The van der Waals surface area contributed by atoms with Gasteiger partial charge in [-0.15, -0.1) is 0 Å². The second kappa shape index (κ2) is 7.63. The Morgan fingerprint density at radius 2 is 2.12 bits per heavy atom. The van der Waals surface area contributed by atoms with E-state index >= 15 is 0 Å². The molecule has 0 radical (unpaired) electrons. The highest BCUT2D eigenvalue weighted by atomic mass is 16.6. The lowest BCUT2D eigenvalue weighted by molar-refractivity contribution is -0.385. The van der Waals surface area contributed by atoms with Crippen molar-refractivity contribution >= 4 is 5.69 Å². The van der Waals surface area contributed by atoms with Gasteiger partial charge in [0.25, 0.3) is 5.69 Å². The molecule has 2 aromatic carbocycles. The fourth-order valence-electron chi connectivity index (χ4n) is 3.20.